The van der Waals surface area contributed by atoms with E-state index in [4.69, 9.17) is 0 Å². The van der Waals surface area contributed by atoms with Crippen LogP contribution in [0.4, 0.5) is 4.39 Å². The van der Waals surface area contributed by atoms with Crippen molar-refractivity contribution in [1.29, 1.82) is 0 Å². The van der Waals surface area contributed by atoms with Crippen LogP contribution in [0.2, 0.25) is 0 Å². The van der Waals surface area contributed by atoms with Gasteiger partial charge >= 0.3 is 0 Å². The highest BCUT2D eigenvalue weighted by Crippen LogP contribution is 2.11. The van der Waals surface area contributed by atoms with Gasteiger partial charge in [0.2, 0.25) is 10.0 Å². The Hall–Kier alpha value is -1.98. The number of hydrogen-bond donors (Lipinski definition) is 0. The van der Waals surface area contributed by atoms with Crippen LogP contribution in [0.15, 0.2) is 60.0 Å². The summed E-state index contributed by atoms with van der Waals surface area (Å²) in [5.74, 6) is -0.340. The number of halogens is 1. The highest BCUT2D eigenvalue weighted by atomic mass is 32.2. The fourth-order valence-corrected chi connectivity index (χ4v) is 2.64. The van der Waals surface area contributed by atoms with Crippen LogP contribution in [0, 0.1) is 5.82 Å². The van der Waals surface area contributed by atoms with Crippen LogP contribution in [-0.2, 0) is 16.6 Å². The maximum atomic E-state index is 12.8. The second-order valence-corrected chi connectivity index (χ2v) is 6.57. The second-order valence-electron chi connectivity index (χ2n) is 4.64. The number of nitrogens with zero attached hydrogens (tertiary/aromatic N) is 1. The van der Waals surface area contributed by atoms with E-state index in [-0.39, 0.29) is 12.4 Å². The summed E-state index contributed by atoms with van der Waals surface area (Å²) < 4.78 is 38.3. The van der Waals surface area contributed by atoms with Crippen LogP contribution >= 0.6 is 0 Å². The molecule has 0 saturated carbocycles. The van der Waals surface area contributed by atoms with Crippen LogP contribution in [0.1, 0.15) is 11.1 Å². The van der Waals surface area contributed by atoms with E-state index in [0.717, 1.165) is 11.1 Å². The van der Waals surface area contributed by atoms with Crippen molar-refractivity contribution < 1.29 is 12.8 Å². The fourth-order valence-electron chi connectivity index (χ4n) is 1.77. The molecule has 0 N–H and O–H groups in total. The number of sulfonamides is 1. The molecule has 0 aliphatic carbocycles. The number of hydrogen-bond acceptors (Lipinski definition) is 2. The van der Waals surface area contributed by atoms with E-state index < -0.39 is 10.0 Å². The monoisotopic (exact) mass is 305 g/mol. The van der Waals surface area contributed by atoms with Gasteiger partial charge in [0.1, 0.15) is 5.82 Å². The minimum Gasteiger partial charge on any atom is -0.208 e. The first kappa shape index (κ1) is 15.4. The van der Waals surface area contributed by atoms with E-state index in [1.807, 2.05) is 30.3 Å². The summed E-state index contributed by atoms with van der Waals surface area (Å²) in [4.78, 5) is 0. The van der Waals surface area contributed by atoms with Crippen LogP contribution < -0.4 is 0 Å². The van der Waals surface area contributed by atoms with Crippen LogP contribution in [0.25, 0.3) is 6.08 Å². The van der Waals surface area contributed by atoms with E-state index in [2.05, 4.69) is 0 Å². The molecule has 0 aromatic heterocycles. The molecule has 0 spiro atoms. The van der Waals surface area contributed by atoms with Crippen molar-refractivity contribution in [2.75, 3.05) is 7.05 Å². The van der Waals surface area contributed by atoms with Gasteiger partial charge in [-0.1, -0.05) is 42.5 Å². The molecular formula is C16H16FNO2S. The third kappa shape index (κ3) is 4.51. The van der Waals surface area contributed by atoms with Crippen molar-refractivity contribution in [3.05, 3.63) is 76.9 Å². The lowest BCUT2D eigenvalue weighted by atomic mass is 10.2. The smallest absolute Gasteiger partial charge is 0.208 e. The first-order chi connectivity index (χ1) is 9.97. The lowest BCUT2D eigenvalue weighted by Gasteiger charge is -2.14. The second kappa shape index (κ2) is 6.65. The van der Waals surface area contributed by atoms with E-state index in [9.17, 15) is 12.8 Å². The molecule has 0 atom stereocenters. The number of rotatable bonds is 5. The maximum Gasteiger partial charge on any atom is 0.236 e. The Bertz CT molecular complexity index is 710. The first-order valence-electron chi connectivity index (χ1n) is 6.41. The van der Waals surface area contributed by atoms with Gasteiger partial charge in [-0.05, 0) is 29.3 Å². The lowest BCUT2D eigenvalue weighted by molar-refractivity contribution is 0.475. The molecule has 0 radical (unpaired) electrons. The highest BCUT2D eigenvalue weighted by Gasteiger charge is 2.14. The standard InChI is InChI=1S/C16H16FNO2S/c1-18(13-15-7-9-16(17)10-8-15)21(19,20)12-11-14-5-3-2-4-6-14/h2-12H,13H2,1H3. The zero-order valence-electron chi connectivity index (χ0n) is 11.6. The summed E-state index contributed by atoms with van der Waals surface area (Å²) >= 11 is 0. The Morgan fingerprint density at radius 1 is 1.05 bits per heavy atom. The zero-order chi connectivity index (χ0) is 15.3. The van der Waals surface area contributed by atoms with E-state index >= 15 is 0 Å². The third-order valence-electron chi connectivity index (χ3n) is 2.98. The van der Waals surface area contributed by atoms with Gasteiger partial charge in [0, 0.05) is 19.0 Å². The predicted molar refractivity (Wildman–Crippen MR) is 82.3 cm³/mol. The topological polar surface area (TPSA) is 37.4 Å². The van der Waals surface area contributed by atoms with Crippen LogP contribution in [0.3, 0.4) is 0 Å². The molecule has 0 amide bonds. The molecule has 0 heterocycles. The zero-order valence-corrected chi connectivity index (χ0v) is 12.4. The third-order valence-corrected chi connectivity index (χ3v) is 4.46. The van der Waals surface area contributed by atoms with Crippen molar-refractivity contribution in [3.8, 4) is 0 Å². The van der Waals surface area contributed by atoms with Gasteiger partial charge in [-0.2, -0.15) is 4.31 Å². The first-order valence-corrected chi connectivity index (χ1v) is 7.91. The molecule has 3 nitrogen and oxygen atoms in total. The molecule has 110 valence electrons. The largest absolute Gasteiger partial charge is 0.236 e. The van der Waals surface area contributed by atoms with Gasteiger partial charge in [0.25, 0.3) is 0 Å². The van der Waals surface area contributed by atoms with Crippen molar-refractivity contribution in [3.63, 3.8) is 0 Å². The molecule has 0 aliphatic heterocycles. The summed E-state index contributed by atoms with van der Waals surface area (Å²) in [6.07, 6.45) is 1.55. The molecular weight excluding hydrogens is 289 g/mol. The highest BCUT2D eigenvalue weighted by molar-refractivity contribution is 7.92. The Kier molecular flexibility index (Phi) is 4.88. The maximum absolute atomic E-state index is 12.8. The van der Waals surface area contributed by atoms with E-state index in [1.165, 1.54) is 28.9 Å². The summed E-state index contributed by atoms with van der Waals surface area (Å²) in [5, 5.41) is 1.17. The van der Waals surface area contributed by atoms with E-state index in [0.29, 0.717) is 0 Å². The molecule has 0 unspecified atom stereocenters. The Balaban J connectivity index is 2.08. The van der Waals surface area contributed by atoms with Gasteiger partial charge < -0.3 is 0 Å². The Morgan fingerprint density at radius 2 is 1.67 bits per heavy atom. The number of benzene rings is 2. The lowest BCUT2D eigenvalue weighted by Crippen LogP contribution is -2.24. The Labute approximate surface area is 124 Å². The predicted octanol–water partition coefficient (Wildman–Crippen LogP) is 3.26. The average Bonchev–Trinajstić information content (AvgIpc) is 2.48. The van der Waals surface area contributed by atoms with Crippen molar-refractivity contribution in [2.45, 2.75) is 6.54 Å². The molecule has 2 aromatic carbocycles. The Morgan fingerprint density at radius 3 is 2.29 bits per heavy atom. The molecule has 2 rings (SSSR count). The van der Waals surface area contributed by atoms with Crippen LogP contribution in [-0.4, -0.2) is 19.8 Å². The quantitative estimate of drug-likeness (QED) is 0.850. The summed E-state index contributed by atoms with van der Waals surface area (Å²) in [5.41, 5.74) is 1.55. The van der Waals surface area contributed by atoms with Gasteiger partial charge in [0.05, 0.1) is 0 Å². The molecule has 21 heavy (non-hydrogen) atoms. The van der Waals surface area contributed by atoms with Crippen LogP contribution in [0.5, 0.6) is 0 Å². The molecule has 0 saturated heterocycles. The molecule has 5 heteroatoms. The summed E-state index contributed by atoms with van der Waals surface area (Å²) in [6.45, 7) is 0.196. The summed E-state index contributed by atoms with van der Waals surface area (Å²) in [6, 6.07) is 15.0. The minimum atomic E-state index is -3.51. The van der Waals surface area contributed by atoms with Crippen molar-refractivity contribution in [2.24, 2.45) is 0 Å². The van der Waals surface area contributed by atoms with Gasteiger partial charge in [-0.15, -0.1) is 0 Å². The molecule has 0 fully saturated rings. The molecule has 0 aliphatic rings. The summed E-state index contributed by atoms with van der Waals surface area (Å²) in [7, 11) is -2.01. The minimum absolute atomic E-state index is 0.196. The fraction of sp³-hybridized carbons (Fsp3) is 0.125. The van der Waals surface area contributed by atoms with Gasteiger partial charge in [-0.25, -0.2) is 12.8 Å². The average molecular weight is 305 g/mol. The SMILES string of the molecule is CN(Cc1ccc(F)cc1)S(=O)(=O)C=Cc1ccccc1. The van der Waals surface area contributed by atoms with Crippen molar-refractivity contribution >= 4 is 16.1 Å². The van der Waals surface area contributed by atoms with Gasteiger partial charge in [-0.3, -0.25) is 0 Å². The van der Waals surface area contributed by atoms with E-state index in [1.54, 1.807) is 18.2 Å². The molecule has 2 aromatic rings. The van der Waals surface area contributed by atoms with Gasteiger partial charge in [0.15, 0.2) is 0 Å². The molecule has 0 bridgehead atoms. The normalized spacial score (nSPS) is 12.1. The van der Waals surface area contributed by atoms with Crippen molar-refractivity contribution in [1.82, 2.24) is 4.31 Å².